The van der Waals surface area contributed by atoms with Gasteiger partial charge in [-0.15, -0.1) is 11.3 Å². The van der Waals surface area contributed by atoms with E-state index in [9.17, 15) is 18.0 Å². The van der Waals surface area contributed by atoms with Crippen molar-refractivity contribution in [3.05, 3.63) is 41.8 Å². The summed E-state index contributed by atoms with van der Waals surface area (Å²) >= 11 is 1.17. The highest BCUT2D eigenvalue weighted by molar-refractivity contribution is 7.91. The molecule has 0 saturated carbocycles. The third kappa shape index (κ3) is 5.65. The van der Waals surface area contributed by atoms with E-state index in [2.05, 4.69) is 10.6 Å². The number of anilines is 2. The van der Waals surface area contributed by atoms with Gasteiger partial charge < -0.3 is 10.6 Å². The monoisotopic (exact) mass is 395 g/mol. The lowest BCUT2D eigenvalue weighted by Crippen LogP contribution is -2.28. The zero-order valence-electron chi connectivity index (χ0n) is 14.6. The maximum Gasteiger partial charge on any atom is 0.252 e. The highest BCUT2D eigenvalue weighted by Crippen LogP contribution is 2.20. The van der Waals surface area contributed by atoms with E-state index in [0.29, 0.717) is 22.0 Å². The van der Waals surface area contributed by atoms with Crippen molar-refractivity contribution in [2.24, 2.45) is 0 Å². The molecule has 0 saturated heterocycles. The summed E-state index contributed by atoms with van der Waals surface area (Å²) in [5.74, 6) is -0.407. The summed E-state index contributed by atoms with van der Waals surface area (Å²) in [6, 6.07) is 10.1. The molecule has 1 aromatic carbocycles. The quantitative estimate of drug-likeness (QED) is 0.718. The smallest absolute Gasteiger partial charge is 0.252 e. The van der Waals surface area contributed by atoms with Crippen LogP contribution in [0.25, 0.3) is 0 Å². The first-order chi connectivity index (χ1) is 12.3. The molecule has 26 heavy (non-hydrogen) atoms. The summed E-state index contributed by atoms with van der Waals surface area (Å²) in [4.78, 5) is 23.1. The number of nitrogens with zero attached hydrogens (tertiary/aromatic N) is 1. The van der Waals surface area contributed by atoms with Crippen molar-refractivity contribution in [2.75, 3.05) is 24.2 Å². The number of carbonyl (C=O) groups is 2. The Labute approximate surface area is 157 Å². The van der Waals surface area contributed by atoms with Crippen LogP contribution in [-0.4, -0.2) is 38.1 Å². The van der Waals surface area contributed by atoms with Gasteiger partial charge in [0.25, 0.3) is 10.0 Å². The zero-order valence-corrected chi connectivity index (χ0v) is 16.2. The lowest BCUT2D eigenvalue weighted by Gasteiger charge is -2.15. The molecule has 2 aromatic rings. The van der Waals surface area contributed by atoms with Crippen LogP contribution < -0.4 is 10.6 Å². The van der Waals surface area contributed by atoms with Crippen LogP contribution in [0, 0.1) is 0 Å². The number of sulfonamides is 1. The van der Waals surface area contributed by atoms with Gasteiger partial charge in [-0.25, -0.2) is 12.7 Å². The van der Waals surface area contributed by atoms with Gasteiger partial charge in [0.05, 0.1) is 0 Å². The Bertz CT molecular complexity index is 864. The third-order valence-corrected chi connectivity index (χ3v) is 6.73. The molecule has 0 fully saturated rings. The van der Waals surface area contributed by atoms with Gasteiger partial charge in [-0.2, -0.15) is 0 Å². The Kier molecular flexibility index (Phi) is 6.90. The second-order valence-corrected chi connectivity index (χ2v) is 8.89. The number of carbonyl (C=O) groups excluding carboxylic acids is 2. The normalized spacial score (nSPS) is 11.3. The summed E-state index contributed by atoms with van der Waals surface area (Å²) in [5, 5.41) is 7.09. The Morgan fingerprint density at radius 3 is 2.42 bits per heavy atom. The van der Waals surface area contributed by atoms with Gasteiger partial charge in [0.15, 0.2) is 0 Å². The van der Waals surface area contributed by atoms with Crippen molar-refractivity contribution in [3.8, 4) is 0 Å². The van der Waals surface area contributed by atoms with Crippen molar-refractivity contribution in [1.82, 2.24) is 4.31 Å². The van der Waals surface area contributed by atoms with Crippen LogP contribution in [0.1, 0.15) is 19.8 Å². The SMILES string of the molecule is CC(=O)Nc1cccc(NC(=O)CCCN(C)S(=O)(=O)c2cccs2)c1. The molecule has 140 valence electrons. The first-order valence-corrected chi connectivity index (χ1v) is 10.3. The van der Waals surface area contributed by atoms with Crippen molar-refractivity contribution >= 4 is 44.5 Å². The average Bonchev–Trinajstić information content (AvgIpc) is 3.09. The number of rotatable bonds is 8. The molecule has 0 aliphatic heterocycles. The standard InChI is InChI=1S/C17H21N3O4S2/c1-13(21)18-14-6-3-7-15(12-14)19-16(22)8-4-10-20(2)26(23,24)17-9-5-11-25-17/h3,5-7,9,11-12H,4,8,10H2,1-2H3,(H,18,21)(H,19,22). The van der Waals surface area contributed by atoms with E-state index >= 15 is 0 Å². The van der Waals surface area contributed by atoms with Crippen LogP contribution in [0.3, 0.4) is 0 Å². The molecule has 0 atom stereocenters. The second kappa shape index (κ2) is 8.93. The molecule has 1 heterocycles. The van der Waals surface area contributed by atoms with E-state index in [1.165, 1.54) is 29.6 Å². The van der Waals surface area contributed by atoms with Gasteiger partial charge >= 0.3 is 0 Å². The van der Waals surface area contributed by atoms with Gasteiger partial charge in [0.2, 0.25) is 11.8 Å². The fourth-order valence-corrected chi connectivity index (χ4v) is 4.66. The molecule has 0 aliphatic rings. The lowest BCUT2D eigenvalue weighted by molar-refractivity contribution is -0.116. The minimum atomic E-state index is -3.49. The average molecular weight is 396 g/mol. The summed E-state index contributed by atoms with van der Waals surface area (Å²) in [6.07, 6.45) is 0.590. The Morgan fingerprint density at radius 2 is 1.81 bits per heavy atom. The third-order valence-electron chi connectivity index (χ3n) is 3.50. The van der Waals surface area contributed by atoms with Crippen LogP contribution in [-0.2, 0) is 19.6 Å². The number of amides is 2. The number of hydrogen-bond acceptors (Lipinski definition) is 5. The lowest BCUT2D eigenvalue weighted by atomic mass is 10.2. The van der Waals surface area contributed by atoms with E-state index in [0.717, 1.165) is 0 Å². The van der Waals surface area contributed by atoms with Gasteiger partial charge in [0, 0.05) is 38.3 Å². The molecule has 2 rings (SSSR count). The van der Waals surface area contributed by atoms with Crippen molar-refractivity contribution in [3.63, 3.8) is 0 Å². The molecule has 2 amide bonds. The van der Waals surface area contributed by atoms with Crippen LogP contribution in [0.15, 0.2) is 46.0 Å². The molecule has 7 nitrogen and oxygen atoms in total. The zero-order chi connectivity index (χ0) is 19.2. The van der Waals surface area contributed by atoms with Gasteiger partial charge in [-0.1, -0.05) is 12.1 Å². The summed E-state index contributed by atoms with van der Waals surface area (Å²) in [6.45, 7) is 1.66. The molecule has 1 aromatic heterocycles. The summed E-state index contributed by atoms with van der Waals surface area (Å²) in [7, 11) is -1.99. The van der Waals surface area contributed by atoms with E-state index in [-0.39, 0.29) is 24.8 Å². The highest BCUT2D eigenvalue weighted by Gasteiger charge is 2.21. The molecule has 0 radical (unpaired) electrons. The van der Waals surface area contributed by atoms with Crippen LogP contribution in [0.5, 0.6) is 0 Å². The van der Waals surface area contributed by atoms with Crippen LogP contribution in [0.4, 0.5) is 11.4 Å². The molecule has 0 spiro atoms. The number of benzene rings is 1. The minimum Gasteiger partial charge on any atom is -0.326 e. The summed E-state index contributed by atoms with van der Waals surface area (Å²) in [5.41, 5.74) is 1.16. The predicted octanol–water partition coefficient (Wildman–Crippen LogP) is 2.75. The minimum absolute atomic E-state index is 0.189. The molecule has 9 heteroatoms. The highest BCUT2D eigenvalue weighted by atomic mass is 32.2. The number of nitrogens with one attached hydrogen (secondary N) is 2. The molecule has 0 bridgehead atoms. The molecule has 0 unspecified atom stereocenters. The topological polar surface area (TPSA) is 95.6 Å². The molecular weight excluding hydrogens is 374 g/mol. The van der Waals surface area contributed by atoms with E-state index in [4.69, 9.17) is 0 Å². The van der Waals surface area contributed by atoms with E-state index in [1.807, 2.05) is 0 Å². The first kappa shape index (κ1) is 20.1. The Hall–Kier alpha value is -2.23. The van der Waals surface area contributed by atoms with Crippen LogP contribution in [0.2, 0.25) is 0 Å². The molecular formula is C17H21N3O4S2. The molecule has 0 aliphatic carbocycles. The number of hydrogen-bond donors (Lipinski definition) is 2. The molecule has 2 N–H and O–H groups in total. The maximum absolute atomic E-state index is 12.3. The van der Waals surface area contributed by atoms with Crippen LogP contribution >= 0.6 is 11.3 Å². The Morgan fingerprint density at radius 1 is 1.12 bits per heavy atom. The first-order valence-electron chi connectivity index (χ1n) is 7.96. The van der Waals surface area contributed by atoms with Gasteiger partial charge in [-0.3, -0.25) is 9.59 Å². The second-order valence-electron chi connectivity index (χ2n) is 5.67. The number of thiophene rings is 1. The van der Waals surface area contributed by atoms with Crippen molar-refractivity contribution in [1.29, 1.82) is 0 Å². The van der Waals surface area contributed by atoms with Gasteiger partial charge in [0.1, 0.15) is 4.21 Å². The van der Waals surface area contributed by atoms with E-state index in [1.54, 1.807) is 41.8 Å². The van der Waals surface area contributed by atoms with Gasteiger partial charge in [-0.05, 0) is 36.1 Å². The Balaban J connectivity index is 1.83. The predicted molar refractivity (Wildman–Crippen MR) is 103 cm³/mol. The maximum atomic E-state index is 12.3. The van der Waals surface area contributed by atoms with Crippen molar-refractivity contribution < 1.29 is 18.0 Å². The largest absolute Gasteiger partial charge is 0.326 e. The van der Waals surface area contributed by atoms with E-state index < -0.39 is 10.0 Å². The van der Waals surface area contributed by atoms with Crippen molar-refractivity contribution in [2.45, 2.75) is 24.0 Å². The fraction of sp³-hybridized carbons (Fsp3) is 0.294. The fourth-order valence-electron chi connectivity index (χ4n) is 2.25. The summed E-state index contributed by atoms with van der Waals surface area (Å²) < 4.78 is 26.1.